The summed E-state index contributed by atoms with van der Waals surface area (Å²) in [5.41, 5.74) is 10.4. The van der Waals surface area contributed by atoms with Crippen LogP contribution in [0.15, 0.2) is 89.4 Å². The van der Waals surface area contributed by atoms with Crippen molar-refractivity contribution in [1.29, 1.82) is 5.26 Å². The fraction of sp³-hybridized carbons (Fsp3) is 0.0741. The number of hydrogen-bond donors (Lipinski definition) is 2. The van der Waals surface area contributed by atoms with Crippen LogP contribution in [-0.2, 0) is 23.6 Å². The van der Waals surface area contributed by atoms with E-state index in [-0.39, 0.29) is 21.3 Å². The van der Waals surface area contributed by atoms with Crippen LogP contribution in [0.4, 0.5) is 5.13 Å². The van der Waals surface area contributed by atoms with Gasteiger partial charge in [-0.2, -0.15) is 10.4 Å². The van der Waals surface area contributed by atoms with Crippen molar-refractivity contribution in [3.8, 4) is 40.0 Å². The minimum Gasteiger partial charge on any atom is -0.455 e. The van der Waals surface area contributed by atoms with Gasteiger partial charge in [-0.3, -0.25) is 9.40 Å². The Morgan fingerprint density at radius 3 is 2.58 bits per heavy atom. The standard InChI is InChI=1S/C27H22N6O3S2/c1-33-24(9-10-31-33)23-15-20(19-4-2-3-18(13-19)16-28)5-7-26(23)36-25-8-6-22(14-21(25)17-29)38(34,35)32-27-30-11-12-37-27/h2-15H,16,28H2,1H3,(H,30,32). The van der Waals surface area contributed by atoms with Gasteiger partial charge < -0.3 is 10.5 Å². The molecule has 2 heterocycles. The number of nitriles is 1. The number of ether oxygens (including phenoxy) is 1. The molecule has 0 aliphatic carbocycles. The van der Waals surface area contributed by atoms with Crippen molar-refractivity contribution in [2.24, 2.45) is 12.8 Å². The first kappa shape index (κ1) is 25.2. The van der Waals surface area contributed by atoms with Crippen molar-refractivity contribution in [3.63, 3.8) is 0 Å². The summed E-state index contributed by atoms with van der Waals surface area (Å²) in [4.78, 5) is 3.88. The average molecular weight is 543 g/mol. The quantitative estimate of drug-likeness (QED) is 0.277. The Balaban J connectivity index is 1.53. The molecule has 0 saturated carbocycles. The molecule has 0 atom stereocenters. The molecule has 0 amide bonds. The van der Waals surface area contributed by atoms with Crippen molar-refractivity contribution < 1.29 is 13.2 Å². The second kappa shape index (κ2) is 10.5. The summed E-state index contributed by atoms with van der Waals surface area (Å²) >= 11 is 1.16. The molecular weight excluding hydrogens is 520 g/mol. The van der Waals surface area contributed by atoms with E-state index in [0.717, 1.165) is 39.3 Å². The summed E-state index contributed by atoms with van der Waals surface area (Å²) in [7, 11) is -2.10. The number of anilines is 1. The van der Waals surface area contributed by atoms with Crippen LogP contribution in [0.25, 0.3) is 22.4 Å². The molecule has 0 aliphatic rings. The van der Waals surface area contributed by atoms with Crippen molar-refractivity contribution in [2.45, 2.75) is 11.4 Å². The summed E-state index contributed by atoms with van der Waals surface area (Å²) in [6.07, 6.45) is 3.19. The van der Waals surface area contributed by atoms with Gasteiger partial charge in [0.05, 0.1) is 16.2 Å². The molecule has 0 aliphatic heterocycles. The van der Waals surface area contributed by atoms with Crippen molar-refractivity contribution in [1.82, 2.24) is 14.8 Å². The second-order valence-electron chi connectivity index (χ2n) is 8.27. The van der Waals surface area contributed by atoms with Gasteiger partial charge in [0.15, 0.2) is 5.13 Å². The smallest absolute Gasteiger partial charge is 0.263 e. The van der Waals surface area contributed by atoms with Gasteiger partial charge in [-0.15, -0.1) is 11.3 Å². The lowest BCUT2D eigenvalue weighted by atomic mass is 9.99. The summed E-state index contributed by atoms with van der Waals surface area (Å²) < 4.78 is 35.9. The normalized spacial score (nSPS) is 11.2. The zero-order valence-electron chi connectivity index (χ0n) is 20.2. The number of thiazole rings is 1. The van der Waals surface area contributed by atoms with Gasteiger partial charge in [-0.1, -0.05) is 24.3 Å². The van der Waals surface area contributed by atoms with Crippen molar-refractivity contribution >= 4 is 26.5 Å². The topological polar surface area (TPSA) is 136 Å². The number of benzene rings is 3. The van der Waals surface area contributed by atoms with Gasteiger partial charge in [0.1, 0.15) is 17.6 Å². The first-order chi connectivity index (χ1) is 18.4. The molecule has 0 radical (unpaired) electrons. The van der Waals surface area contributed by atoms with Gasteiger partial charge in [0.2, 0.25) is 0 Å². The number of nitrogens with zero attached hydrogens (tertiary/aromatic N) is 4. The second-order valence-corrected chi connectivity index (χ2v) is 10.8. The summed E-state index contributed by atoms with van der Waals surface area (Å²) in [6.45, 7) is 0.436. The highest BCUT2D eigenvalue weighted by Crippen LogP contribution is 2.38. The number of sulfonamides is 1. The number of nitrogens with two attached hydrogens (primary N) is 1. The maximum Gasteiger partial charge on any atom is 0.263 e. The number of aryl methyl sites for hydroxylation is 1. The van der Waals surface area contributed by atoms with Gasteiger partial charge >= 0.3 is 0 Å². The third-order valence-corrected chi connectivity index (χ3v) is 7.98. The zero-order chi connectivity index (χ0) is 26.7. The Labute approximate surface area is 223 Å². The van der Waals surface area contributed by atoms with Crippen LogP contribution in [0.5, 0.6) is 11.5 Å². The summed E-state index contributed by atoms with van der Waals surface area (Å²) in [6, 6.07) is 21.8. The first-order valence-electron chi connectivity index (χ1n) is 11.4. The van der Waals surface area contributed by atoms with E-state index in [1.807, 2.05) is 61.6 Å². The van der Waals surface area contributed by atoms with Crippen molar-refractivity contribution in [3.05, 3.63) is 95.6 Å². The van der Waals surface area contributed by atoms with E-state index < -0.39 is 10.0 Å². The fourth-order valence-corrected chi connectivity index (χ4v) is 5.75. The Morgan fingerprint density at radius 1 is 1.05 bits per heavy atom. The molecule has 3 N–H and O–H groups in total. The van der Waals surface area contributed by atoms with Gasteiger partial charge in [-0.05, 0) is 59.2 Å². The molecule has 0 fully saturated rings. The van der Waals surface area contributed by atoms with Crippen LogP contribution in [0, 0.1) is 11.3 Å². The monoisotopic (exact) mass is 542 g/mol. The van der Waals surface area contributed by atoms with E-state index in [1.54, 1.807) is 16.3 Å². The number of nitrogens with one attached hydrogen (secondary N) is 1. The van der Waals surface area contributed by atoms with Crippen LogP contribution >= 0.6 is 11.3 Å². The third-order valence-electron chi connectivity index (χ3n) is 5.83. The lowest BCUT2D eigenvalue weighted by molar-refractivity contribution is 0.481. The maximum absolute atomic E-state index is 12.8. The largest absolute Gasteiger partial charge is 0.455 e. The molecule has 0 bridgehead atoms. The van der Waals surface area contributed by atoms with E-state index >= 15 is 0 Å². The SMILES string of the molecule is Cn1nccc1-c1cc(-c2cccc(CN)c2)ccc1Oc1ccc(S(=O)(=O)Nc2nccs2)cc1C#N. The molecule has 11 heteroatoms. The van der Waals surface area contributed by atoms with E-state index in [9.17, 15) is 13.7 Å². The minimum absolute atomic E-state index is 0.0707. The average Bonchev–Trinajstić information content (AvgIpc) is 3.60. The zero-order valence-corrected chi connectivity index (χ0v) is 21.8. The van der Waals surface area contributed by atoms with E-state index in [2.05, 4.69) is 14.8 Å². The molecule has 3 aromatic carbocycles. The third kappa shape index (κ3) is 5.14. The highest BCUT2D eigenvalue weighted by molar-refractivity contribution is 7.93. The summed E-state index contributed by atoms with van der Waals surface area (Å²) in [5, 5.41) is 16.0. The predicted octanol–water partition coefficient (Wildman–Crippen LogP) is 5.13. The van der Waals surface area contributed by atoms with Gasteiger partial charge in [0, 0.05) is 36.9 Å². The minimum atomic E-state index is -3.93. The maximum atomic E-state index is 12.8. The highest BCUT2D eigenvalue weighted by atomic mass is 32.2. The van der Waals surface area contributed by atoms with Crippen LogP contribution < -0.4 is 15.2 Å². The highest BCUT2D eigenvalue weighted by Gasteiger charge is 2.20. The van der Waals surface area contributed by atoms with Crippen molar-refractivity contribution in [2.75, 3.05) is 4.72 Å². The molecule has 0 spiro atoms. The van der Waals surface area contributed by atoms with E-state index in [1.165, 1.54) is 24.4 Å². The molecule has 2 aromatic heterocycles. The molecule has 5 rings (SSSR count). The molecule has 5 aromatic rings. The van der Waals surface area contributed by atoms with E-state index in [4.69, 9.17) is 10.5 Å². The Kier molecular flexibility index (Phi) is 6.93. The number of rotatable bonds is 8. The molecule has 38 heavy (non-hydrogen) atoms. The van der Waals surface area contributed by atoms with Gasteiger partial charge in [0.25, 0.3) is 10.0 Å². The fourth-order valence-electron chi connectivity index (χ4n) is 3.93. The van der Waals surface area contributed by atoms with Crippen LogP contribution in [0.3, 0.4) is 0 Å². The molecular formula is C27H22N6O3S2. The predicted molar refractivity (Wildman–Crippen MR) is 146 cm³/mol. The Morgan fingerprint density at radius 2 is 1.87 bits per heavy atom. The lowest BCUT2D eigenvalue weighted by Gasteiger charge is -2.15. The molecule has 0 unspecified atom stereocenters. The van der Waals surface area contributed by atoms with Gasteiger partial charge in [-0.25, -0.2) is 13.4 Å². The number of hydrogen-bond acceptors (Lipinski definition) is 8. The van der Waals surface area contributed by atoms with Crippen LogP contribution in [0.2, 0.25) is 0 Å². The van der Waals surface area contributed by atoms with Crippen LogP contribution in [0.1, 0.15) is 11.1 Å². The summed E-state index contributed by atoms with van der Waals surface area (Å²) in [5.74, 6) is 0.711. The molecule has 0 saturated heterocycles. The number of aromatic nitrogens is 3. The van der Waals surface area contributed by atoms with E-state index in [0.29, 0.717) is 12.3 Å². The lowest BCUT2D eigenvalue weighted by Crippen LogP contribution is -2.13. The van der Waals surface area contributed by atoms with Crippen LogP contribution in [-0.4, -0.2) is 23.2 Å². The Bertz CT molecular complexity index is 1760. The molecule has 190 valence electrons. The first-order valence-corrected chi connectivity index (χ1v) is 13.8. The Hall–Kier alpha value is -4.50. The molecule has 9 nitrogen and oxygen atoms in total.